The minimum absolute atomic E-state index is 0.0622. The molecule has 0 saturated carbocycles. The monoisotopic (exact) mass is 234 g/mol. The van der Waals surface area contributed by atoms with E-state index >= 15 is 0 Å². The smallest absolute Gasteiger partial charge is 0.387 e. The Kier molecular flexibility index (Phi) is 4.52. The molecule has 0 bridgehead atoms. The molecule has 0 unspecified atom stereocenters. The van der Waals surface area contributed by atoms with Gasteiger partial charge in [0.1, 0.15) is 5.75 Å². The van der Waals surface area contributed by atoms with Crippen molar-refractivity contribution in [2.75, 3.05) is 6.61 Å². The van der Waals surface area contributed by atoms with E-state index in [1.54, 1.807) is 12.1 Å². The summed E-state index contributed by atoms with van der Waals surface area (Å²) in [4.78, 5) is 0. The summed E-state index contributed by atoms with van der Waals surface area (Å²) < 4.78 is 27.9. The highest BCUT2D eigenvalue weighted by atomic mass is 35.5. The van der Waals surface area contributed by atoms with Gasteiger partial charge in [0.05, 0.1) is 11.6 Å². The third kappa shape index (κ3) is 3.85. The number of benzene rings is 1. The number of alkyl halides is 2. The van der Waals surface area contributed by atoms with Crippen LogP contribution in [0.25, 0.3) is 6.08 Å². The number of hydrogen-bond acceptors (Lipinski definition) is 2. The first-order chi connectivity index (χ1) is 7.13. The van der Waals surface area contributed by atoms with Gasteiger partial charge in [-0.05, 0) is 17.7 Å². The van der Waals surface area contributed by atoms with Crippen LogP contribution in [0, 0.1) is 0 Å². The number of aliphatic hydroxyl groups excluding tert-OH is 1. The Morgan fingerprint density at radius 1 is 1.47 bits per heavy atom. The molecule has 0 fully saturated rings. The lowest BCUT2D eigenvalue weighted by atomic mass is 10.2. The van der Waals surface area contributed by atoms with Crippen molar-refractivity contribution in [3.63, 3.8) is 0 Å². The minimum atomic E-state index is -2.89. The van der Waals surface area contributed by atoms with E-state index < -0.39 is 6.61 Å². The summed E-state index contributed by atoms with van der Waals surface area (Å²) in [6.45, 7) is -2.98. The van der Waals surface area contributed by atoms with Crippen molar-refractivity contribution in [2.45, 2.75) is 6.61 Å². The molecule has 0 aliphatic heterocycles. The summed E-state index contributed by atoms with van der Waals surface area (Å²) in [5.74, 6) is -0.0622. The van der Waals surface area contributed by atoms with Gasteiger partial charge in [-0.25, -0.2) is 0 Å². The maximum absolute atomic E-state index is 11.9. The molecule has 0 saturated heterocycles. The van der Waals surface area contributed by atoms with Gasteiger partial charge in [0, 0.05) is 0 Å². The Labute approximate surface area is 90.7 Å². The van der Waals surface area contributed by atoms with Crippen LogP contribution in [0.2, 0.25) is 5.02 Å². The van der Waals surface area contributed by atoms with Crippen LogP contribution in [0.4, 0.5) is 8.78 Å². The van der Waals surface area contributed by atoms with Gasteiger partial charge in [-0.15, -0.1) is 0 Å². The molecule has 82 valence electrons. The van der Waals surface area contributed by atoms with E-state index in [1.807, 2.05) is 0 Å². The van der Waals surface area contributed by atoms with E-state index in [0.717, 1.165) is 0 Å². The molecule has 5 heteroatoms. The first kappa shape index (κ1) is 11.9. The van der Waals surface area contributed by atoms with E-state index in [2.05, 4.69) is 4.74 Å². The van der Waals surface area contributed by atoms with Gasteiger partial charge in [-0.1, -0.05) is 29.8 Å². The van der Waals surface area contributed by atoms with E-state index in [-0.39, 0.29) is 17.4 Å². The second-order valence-electron chi connectivity index (χ2n) is 2.65. The predicted molar refractivity (Wildman–Crippen MR) is 54.2 cm³/mol. The van der Waals surface area contributed by atoms with Gasteiger partial charge < -0.3 is 9.84 Å². The summed E-state index contributed by atoms with van der Waals surface area (Å²) in [5, 5.41) is 8.63. The lowest BCUT2D eigenvalue weighted by molar-refractivity contribution is -0.0497. The lowest BCUT2D eigenvalue weighted by Crippen LogP contribution is -2.02. The molecular formula is C10H9ClF2O2. The van der Waals surface area contributed by atoms with Crippen molar-refractivity contribution >= 4 is 17.7 Å². The summed E-state index contributed by atoms with van der Waals surface area (Å²) in [5.41, 5.74) is 0.704. The topological polar surface area (TPSA) is 29.5 Å². The van der Waals surface area contributed by atoms with Gasteiger partial charge >= 0.3 is 6.61 Å². The SMILES string of the molecule is OC/C=C/c1ccc(OC(F)F)c(Cl)c1. The molecule has 1 N–H and O–H groups in total. The molecule has 0 spiro atoms. The summed E-state index contributed by atoms with van der Waals surface area (Å²) in [6, 6.07) is 4.40. The Morgan fingerprint density at radius 3 is 2.73 bits per heavy atom. The molecule has 0 aliphatic rings. The third-order valence-corrected chi connectivity index (χ3v) is 1.88. The number of rotatable bonds is 4. The van der Waals surface area contributed by atoms with Gasteiger partial charge in [0.2, 0.25) is 0 Å². The second kappa shape index (κ2) is 5.68. The van der Waals surface area contributed by atoms with E-state index in [0.29, 0.717) is 5.56 Å². The molecule has 1 aromatic rings. The van der Waals surface area contributed by atoms with Crippen LogP contribution in [-0.4, -0.2) is 18.3 Å². The molecular weight excluding hydrogens is 226 g/mol. The molecule has 0 amide bonds. The Bertz CT molecular complexity index is 353. The fraction of sp³-hybridized carbons (Fsp3) is 0.200. The highest BCUT2D eigenvalue weighted by Crippen LogP contribution is 2.27. The first-order valence-electron chi connectivity index (χ1n) is 4.15. The lowest BCUT2D eigenvalue weighted by Gasteiger charge is -2.06. The van der Waals surface area contributed by atoms with Crippen molar-refractivity contribution in [1.82, 2.24) is 0 Å². The molecule has 15 heavy (non-hydrogen) atoms. The number of aliphatic hydroxyl groups is 1. The predicted octanol–water partition coefficient (Wildman–Crippen LogP) is 2.95. The number of ether oxygens (including phenoxy) is 1. The van der Waals surface area contributed by atoms with Gasteiger partial charge in [-0.2, -0.15) is 8.78 Å². The quantitative estimate of drug-likeness (QED) is 0.868. The van der Waals surface area contributed by atoms with Crippen molar-refractivity contribution in [3.8, 4) is 5.75 Å². The van der Waals surface area contributed by atoms with Crippen molar-refractivity contribution in [3.05, 3.63) is 34.9 Å². The van der Waals surface area contributed by atoms with E-state index in [1.165, 1.54) is 18.2 Å². The molecule has 0 heterocycles. The molecule has 0 atom stereocenters. The van der Waals surface area contributed by atoms with Gasteiger partial charge in [0.25, 0.3) is 0 Å². The zero-order valence-electron chi connectivity index (χ0n) is 7.66. The van der Waals surface area contributed by atoms with Crippen LogP contribution >= 0.6 is 11.6 Å². The van der Waals surface area contributed by atoms with Crippen LogP contribution in [0.3, 0.4) is 0 Å². The number of halogens is 3. The summed E-state index contributed by atoms with van der Waals surface area (Å²) >= 11 is 5.70. The van der Waals surface area contributed by atoms with E-state index in [9.17, 15) is 8.78 Å². The van der Waals surface area contributed by atoms with Crippen molar-refractivity contribution < 1.29 is 18.6 Å². The molecule has 0 aromatic heterocycles. The van der Waals surface area contributed by atoms with Crippen LogP contribution in [0.5, 0.6) is 5.75 Å². The zero-order chi connectivity index (χ0) is 11.3. The Balaban J connectivity index is 2.83. The van der Waals surface area contributed by atoms with Crippen LogP contribution < -0.4 is 4.74 Å². The largest absolute Gasteiger partial charge is 0.433 e. The summed E-state index contributed by atoms with van der Waals surface area (Å²) in [7, 11) is 0. The molecule has 1 rings (SSSR count). The van der Waals surface area contributed by atoms with Crippen LogP contribution in [0.15, 0.2) is 24.3 Å². The second-order valence-corrected chi connectivity index (χ2v) is 3.06. The Hall–Kier alpha value is -1.13. The zero-order valence-corrected chi connectivity index (χ0v) is 8.42. The van der Waals surface area contributed by atoms with Gasteiger partial charge in [-0.3, -0.25) is 0 Å². The normalized spacial score (nSPS) is 11.3. The average molecular weight is 235 g/mol. The maximum atomic E-state index is 11.9. The van der Waals surface area contributed by atoms with Crippen LogP contribution in [0.1, 0.15) is 5.56 Å². The molecule has 2 nitrogen and oxygen atoms in total. The molecule has 1 aromatic carbocycles. The van der Waals surface area contributed by atoms with Gasteiger partial charge in [0.15, 0.2) is 0 Å². The van der Waals surface area contributed by atoms with Crippen LogP contribution in [-0.2, 0) is 0 Å². The Morgan fingerprint density at radius 2 is 2.20 bits per heavy atom. The number of hydrogen-bond donors (Lipinski definition) is 1. The summed E-state index contributed by atoms with van der Waals surface area (Å²) in [6.07, 6.45) is 3.14. The minimum Gasteiger partial charge on any atom is -0.433 e. The van der Waals surface area contributed by atoms with Crippen molar-refractivity contribution in [1.29, 1.82) is 0 Å². The molecule has 0 radical (unpaired) electrons. The standard InChI is InChI=1S/C10H9ClF2O2/c11-8-6-7(2-1-5-14)3-4-9(8)15-10(12)13/h1-4,6,10,14H,5H2/b2-1+. The highest BCUT2D eigenvalue weighted by molar-refractivity contribution is 6.32. The average Bonchev–Trinajstić information content (AvgIpc) is 2.18. The fourth-order valence-electron chi connectivity index (χ4n) is 1.00. The first-order valence-corrected chi connectivity index (χ1v) is 4.53. The maximum Gasteiger partial charge on any atom is 0.387 e. The third-order valence-electron chi connectivity index (χ3n) is 1.59. The molecule has 0 aliphatic carbocycles. The van der Waals surface area contributed by atoms with E-state index in [4.69, 9.17) is 16.7 Å². The fourth-order valence-corrected chi connectivity index (χ4v) is 1.23. The van der Waals surface area contributed by atoms with Crippen molar-refractivity contribution in [2.24, 2.45) is 0 Å². The highest BCUT2D eigenvalue weighted by Gasteiger charge is 2.07.